The molecule has 0 fully saturated rings. The van der Waals surface area contributed by atoms with E-state index in [9.17, 15) is 0 Å². The monoisotopic (exact) mass is 600 g/mol. The van der Waals surface area contributed by atoms with Crippen LogP contribution in [0.4, 0.5) is 0 Å². The van der Waals surface area contributed by atoms with Gasteiger partial charge in [-0.2, -0.15) is 0 Å². The molecule has 2 aromatic heterocycles. The molecule has 0 unspecified atom stereocenters. The number of para-hydroxylation sites is 1. The number of nitrogens with zero attached hydrogens (tertiary/aromatic N) is 2. The Labute approximate surface area is 272 Å². The summed E-state index contributed by atoms with van der Waals surface area (Å²) in [6, 6.07) is 57.9. The van der Waals surface area contributed by atoms with Crippen LogP contribution in [0.2, 0.25) is 0 Å². The van der Waals surface area contributed by atoms with Crippen LogP contribution in [0, 0.1) is 0 Å². The zero-order valence-electron chi connectivity index (χ0n) is 25.5. The van der Waals surface area contributed by atoms with Crippen LogP contribution in [0.3, 0.4) is 0 Å². The highest BCUT2D eigenvalue weighted by Crippen LogP contribution is 2.44. The first-order valence-corrected chi connectivity index (χ1v) is 15.8. The highest BCUT2D eigenvalue weighted by atomic mass is 16.3. The van der Waals surface area contributed by atoms with Gasteiger partial charge in [-0.05, 0) is 62.2 Å². The summed E-state index contributed by atoms with van der Waals surface area (Å²) < 4.78 is 5.82. The first kappa shape index (κ1) is 27.0. The molecule has 0 spiro atoms. The van der Waals surface area contributed by atoms with Crippen LogP contribution < -0.4 is 0 Å². The van der Waals surface area contributed by atoms with E-state index in [0.717, 1.165) is 66.8 Å². The maximum atomic E-state index is 5.82. The number of benzene rings is 7. The molecule has 0 amide bonds. The Morgan fingerprint density at radius 2 is 1.09 bits per heavy atom. The van der Waals surface area contributed by atoms with E-state index >= 15 is 0 Å². The van der Waals surface area contributed by atoms with Gasteiger partial charge in [-0.15, -0.1) is 0 Å². The SMILES string of the molecule is c1ccc(-c2cc3ccccc3c(-c3ccccc3-c3c(-c4cccc(-c5cccc6ncoc56)c4)ccc4ccccc34)n2)cc1. The molecule has 0 radical (unpaired) electrons. The summed E-state index contributed by atoms with van der Waals surface area (Å²) in [4.78, 5) is 9.76. The van der Waals surface area contributed by atoms with E-state index in [2.05, 4.69) is 151 Å². The van der Waals surface area contributed by atoms with Gasteiger partial charge in [0, 0.05) is 22.1 Å². The van der Waals surface area contributed by atoms with E-state index in [1.807, 2.05) is 18.2 Å². The first-order valence-electron chi connectivity index (χ1n) is 15.8. The number of rotatable bonds is 5. The van der Waals surface area contributed by atoms with Crippen molar-refractivity contribution in [1.29, 1.82) is 0 Å². The van der Waals surface area contributed by atoms with E-state index in [-0.39, 0.29) is 0 Å². The van der Waals surface area contributed by atoms with Crippen LogP contribution in [0.25, 0.3) is 88.5 Å². The molecule has 47 heavy (non-hydrogen) atoms. The van der Waals surface area contributed by atoms with Crippen LogP contribution in [0.1, 0.15) is 0 Å². The van der Waals surface area contributed by atoms with Crippen LogP contribution in [0.15, 0.2) is 175 Å². The molecule has 220 valence electrons. The predicted octanol–water partition coefficient (Wildman–Crippen LogP) is 11.9. The van der Waals surface area contributed by atoms with Gasteiger partial charge in [-0.25, -0.2) is 9.97 Å². The molecule has 0 aliphatic carbocycles. The average molecular weight is 601 g/mol. The van der Waals surface area contributed by atoms with Crippen molar-refractivity contribution in [2.75, 3.05) is 0 Å². The summed E-state index contributed by atoms with van der Waals surface area (Å²) in [6.45, 7) is 0. The summed E-state index contributed by atoms with van der Waals surface area (Å²) in [5.41, 5.74) is 12.5. The van der Waals surface area contributed by atoms with Gasteiger partial charge in [0.25, 0.3) is 0 Å². The molecule has 7 aromatic carbocycles. The molecule has 9 rings (SSSR count). The van der Waals surface area contributed by atoms with Crippen molar-refractivity contribution < 1.29 is 4.42 Å². The minimum atomic E-state index is 0.796. The highest BCUT2D eigenvalue weighted by molar-refractivity contribution is 6.09. The van der Waals surface area contributed by atoms with Gasteiger partial charge in [-0.3, -0.25) is 0 Å². The summed E-state index contributed by atoms with van der Waals surface area (Å²) in [7, 11) is 0. The van der Waals surface area contributed by atoms with Crippen molar-refractivity contribution in [2.24, 2.45) is 0 Å². The fourth-order valence-electron chi connectivity index (χ4n) is 6.84. The minimum Gasteiger partial charge on any atom is -0.443 e. The Balaban J connectivity index is 1.31. The van der Waals surface area contributed by atoms with Gasteiger partial charge < -0.3 is 4.42 Å². The summed E-state index contributed by atoms with van der Waals surface area (Å²) in [6.07, 6.45) is 1.51. The fraction of sp³-hybridized carbons (Fsp3) is 0. The van der Waals surface area contributed by atoms with Crippen molar-refractivity contribution in [1.82, 2.24) is 9.97 Å². The smallest absolute Gasteiger partial charge is 0.182 e. The van der Waals surface area contributed by atoms with Crippen LogP contribution >= 0.6 is 0 Å². The third-order valence-corrected chi connectivity index (χ3v) is 9.03. The van der Waals surface area contributed by atoms with Gasteiger partial charge in [-0.1, -0.05) is 146 Å². The van der Waals surface area contributed by atoms with Crippen LogP contribution in [0.5, 0.6) is 0 Å². The van der Waals surface area contributed by atoms with E-state index in [4.69, 9.17) is 9.40 Å². The van der Waals surface area contributed by atoms with Crippen molar-refractivity contribution in [2.45, 2.75) is 0 Å². The topological polar surface area (TPSA) is 38.9 Å². The lowest BCUT2D eigenvalue weighted by Gasteiger charge is -2.19. The van der Waals surface area contributed by atoms with Crippen LogP contribution in [-0.4, -0.2) is 9.97 Å². The van der Waals surface area contributed by atoms with Gasteiger partial charge >= 0.3 is 0 Å². The highest BCUT2D eigenvalue weighted by Gasteiger charge is 2.19. The molecule has 9 aromatic rings. The van der Waals surface area contributed by atoms with Gasteiger partial charge in [0.1, 0.15) is 5.52 Å². The number of fused-ring (bicyclic) bond motifs is 3. The maximum absolute atomic E-state index is 5.82. The molecule has 0 saturated carbocycles. The Kier molecular flexibility index (Phi) is 6.46. The Hall–Kier alpha value is -6.32. The second-order valence-corrected chi connectivity index (χ2v) is 11.8. The lowest BCUT2D eigenvalue weighted by Crippen LogP contribution is -1.95. The molecular formula is C44H28N2O. The zero-order chi connectivity index (χ0) is 31.2. The molecule has 2 heterocycles. The van der Waals surface area contributed by atoms with Gasteiger partial charge in [0.05, 0.1) is 11.4 Å². The lowest BCUT2D eigenvalue weighted by molar-refractivity contribution is 0.603. The second kappa shape index (κ2) is 11.2. The Morgan fingerprint density at radius 1 is 0.426 bits per heavy atom. The average Bonchev–Trinajstić information content (AvgIpc) is 3.64. The molecule has 0 aliphatic rings. The van der Waals surface area contributed by atoms with Crippen molar-refractivity contribution in [3.8, 4) is 55.9 Å². The van der Waals surface area contributed by atoms with E-state index < -0.39 is 0 Å². The van der Waals surface area contributed by atoms with Gasteiger partial charge in [0.2, 0.25) is 0 Å². The molecule has 0 saturated heterocycles. The standard InChI is InChI=1S/C44H28N2O/c1-2-13-30(14-3-1)41-27-33-15-5-7-19-36(33)43(46-41)39-21-9-8-20-38(39)42-34-18-6-4-12-29(34)24-25-35(42)31-16-10-17-32(26-31)37-22-11-23-40-44(37)47-28-45-40/h1-28H. The molecular weight excluding hydrogens is 572 g/mol. The molecule has 0 aliphatic heterocycles. The largest absolute Gasteiger partial charge is 0.443 e. The van der Waals surface area contributed by atoms with Crippen LogP contribution in [-0.2, 0) is 0 Å². The lowest BCUT2D eigenvalue weighted by atomic mass is 9.85. The summed E-state index contributed by atoms with van der Waals surface area (Å²) >= 11 is 0. The number of oxazole rings is 1. The summed E-state index contributed by atoms with van der Waals surface area (Å²) in [5, 5.41) is 4.69. The second-order valence-electron chi connectivity index (χ2n) is 11.8. The minimum absolute atomic E-state index is 0.796. The zero-order valence-corrected chi connectivity index (χ0v) is 25.5. The fourth-order valence-corrected chi connectivity index (χ4v) is 6.84. The number of hydrogen-bond donors (Lipinski definition) is 0. The van der Waals surface area contributed by atoms with E-state index in [1.165, 1.54) is 28.1 Å². The molecule has 0 atom stereocenters. The third-order valence-electron chi connectivity index (χ3n) is 9.03. The van der Waals surface area contributed by atoms with Gasteiger partial charge in [0.15, 0.2) is 12.0 Å². The third kappa shape index (κ3) is 4.68. The number of aromatic nitrogens is 2. The van der Waals surface area contributed by atoms with Crippen molar-refractivity contribution in [3.63, 3.8) is 0 Å². The normalized spacial score (nSPS) is 11.4. The predicted molar refractivity (Wildman–Crippen MR) is 194 cm³/mol. The molecule has 3 nitrogen and oxygen atoms in total. The Morgan fingerprint density at radius 3 is 1.96 bits per heavy atom. The number of hydrogen-bond acceptors (Lipinski definition) is 3. The van der Waals surface area contributed by atoms with E-state index in [1.54, 1.807) is 0 Å². The molecule has 0 N–H and O–H groups in total. The molecule has 0 bridgehead atoms. The maximum Gasteiger partial charge on any atom is 0.182 e. The van der Waals surface area contributed by atoms with Crippen molar-refractivity contribution >= 4 is 32.6 Å². The van der Waals surface area contributed by atoms with E-state index in [0.29, 0.717) is 0 Å². The number of pyridine rings is 1. The summed E-state index contributed by atoms with van der Waals surface area (Å²) in [5.74, 6) is 0. The van der Waals surface area contributed by atoms with Crippen molar-refractivity contribution in [3.05, 3.63) is 170 Å². The Bertz CT molecular complexity index is 2580. The first-order chi connectivity index (χ1) is 23.3. The molecule has 3 heteroatoms. The quantitative estimate of drug-likeness (QED) is 0.197.